The first-order valence-corrected chi connectivity index (χ1v) is 11.2. The van der Waals surface area contributed by atoms with Gasteiger partial charge in [0.1, 0.15) is 11.6 Å². The minimum Gasteiger partial charge on any atom is -0.537 e. The fourth-order valence-corrected chi connectivity index (χ4v) is 7.72. The number of aliphatic carboxylic acids is 1. The van der Waals surface area contributed by atoms with Crippen LogP contribution in [-0.4, -0.2) is 35.7 Å². The summed E-state index contributed by atoms with van der Waals surface area (Å²) in [5, 5.41) is 22.2. The van der Waals surface area contributed by atoms with Gasteiger partial charge in [-0.05, 0) is 67.6 Å². The molecule has 5 aliphatic rings. The normalized spacial score (nSPS) is 45.8. The molecule has 1 spiro atoms. The van der Waals surface area contributed by atoms with E-state index in [4.69, 9.17) is 9.47 Å². The summed E-state index contributed by atoms with van der Waals surface area (Å²) in [5.74, 6) is 4.46. The van der Waals surface area contributed by atoms with Crippen molar-refractivity contribution in [3.63, 3.8) is 0 Å². The molecule has 1 heterocycles. The van der Waals surface area contributed by atoms with Crippen LogP contribution in [0.25, 0.3) is 0 Å². The van der Waals surface area contributed by atoms with Gasteiger partial charge in [-0.2, -0.15) is 0 Å². The maximum Gasteiger partial charge on any atom is 1.00 e. The van der Waals surface area contributed by atoms with Gasteiger partial charge in [0.2, 0.25) is 0 Å². The van der Waals surface area contributed by atoms with Gasteiger partial charge in [0.25, 0.3) is 0 Å². The Balaban J connectivity index is 0.00000218. The Morgan fingerprint density at radius 1 is 1.13 bits per heavy atom. The standard InChI is InChI=1S/C24H32O5.Na/c1-21-11-12-24(28-13-14-29-24)15-16(21)3-4-17-18(21)5-8-22(2)19(17)6-9-23(22,27)10-7-20(25)26;/h3,17-19,27H,4-6,8-9,11-15H2,1-2H3,(H,25,26);/q;+1/p-1/t17-,18+,19+,21+,22+,23-;/m1./s1. The van der Waals surface area contributed by atoms with Gasteiger partial charge in [-0.3, -0.25) is 0 Å². The van der Waals surface area contributed by atoms with Crippen molar-refractivity contribution >= 4 is 5.97 Å². The first kappa shape index (κ1) is 22.8. The minimum atomic E-state index is -1.41. The number of aliphatic hydroxyl groups is 1. The van der Waals surface area contributed by atoms with E-state index in [-0.39, 0.29) is 40.4 Å². The molecule has 0 aromatic rings. The molecule has 0 aromatic carbocycles. The van der Waals surface area contributed by atoms with Crippen molar-refractivity contribution < 1.29 is 54.0 Å². The van der Waals surface area contributed by atoms with E-state index in [1.807, 2.05) is 0 Å². The van der Waals surface area contributed by atoms with Crippen molar-refractivity contribution in [3.8, 4) is 11.8 Å². The monoisotopic (exact) mass is 422 g/mol. The molecule has 0 bridgehead atoms. The maximum atomic E-state index is 11.3. The third-order valence-corrected chi connectivity index (χ3v) is 9.45. The number of carboxylic acids is 1. The van der Waals surface area contributed by atoms with Crippen LogP contribution in [0.5, 0.6) is 0 Å². The third kappa shape index (κ3) is 3.17. The Kier molecular flexibility index (Phi) is 5.79. The number of carboxylic acid groups (broad SMARTS) is 1. The van der Waals surface area contributed by atoms with Crippen LogP contribution in [0.15, 0.2) is 11.6 Å². The summed E-state index contributed by atoms with van der Waals surface area (Å²) in [4.78, 5) is 10.9. The third-order valence-electron chi connectivity index (χ3n) is 9.45. The van der Waals surface area contributed by atoms with Crippen LogP contribution >= 0.6 is 0 Å². The molecule has 3 saturated carbocycles. The molecule has 0 amide bonds. The molecular weight excluding hydrogens is 391 g/mol. The Hall–Kier alpha value is -0.350. The zero-order valence-electron chi connectivity index (χ0n) is 18.5. The molecule has 0 radical (unpaired) electrons. The van der Waals surface area contributed by atoms with Crippen molar-refractivity contribution in [1.82, 2.24) is 0 Å². The van der Waals surface area contributed by atoms with Gasteiger partial charge < -0.3 is 24.5 Å². The molecule has 5 rings (SSSR count). The molecule has 158 valence electrons. The number of hydrogen-bond acceptors (Lipinski definition) is 5. The largest absolute Gasteiger partial charge is 1.00 e. The van der Waals surface area contributed by atoms with E-state index in [0.717, 1.165) is 44.9 Å². The quantitative estimate of drug-likeness (QED) is 0.314. The summed E-state index contributed by atoms with van der Waals surface area (Å²) in [6.07, 6.45) is 9.77. The summed E-state index contributed by atoms with van der Waals surface area (Å²) in [6, 6.07) is 0. The van der Waals surface area contributed by atoms with E-state index in [1.54, 1.807) is 0 Å². The van der Waals surface area contributed by atoms with Gasteiger partial charge in [0.05, 0.1) is 13.2 Å². The van der Waals surface area contributed by atoms with Crippen molar-refractivity contribution in [2.24, 2.45) is 28.6 Å². The van der Waals surface area contributed by atoms with Crippen LogP contribution in [-0.2, 0) is 14.3 Å². The van der Waals surface area contributed by atoms with Gasteiger partial charge in [0, 0.05) is 18.3 Å². The summed E-state index contributed by atoms with van der Waals surface area (Å²) >= 11 is 0. The zero-order valence-corrected chi connectivity index (χ0v) is 20.5. The van der Waals surface area contributed by atoms with E-state index < -0.39 is 17.4 Å². The van der Waals surface area contributed by atoms with Crippen LogP contribution in [0.2, 0.25) is 0 Å². The van der Waals surface area contributed by atoms with Gasteiger partial charge in [0.15, 0.2) is 5.79 Å². The molecule has 1 N–H and O–H groups in total. The van der Waals surface area contributed by atoms with Gasteiger partial charge in [-0.1, -0.05) is 31.4 Å². The van der Waals surface area contributed by atoms with Crippen molar-refractivity contribution in [2.45, 2.75) is 76.6 Å². The molecule has 4 aliphatic carbocycles. The van der Waals surface area contributed by atoms with Crippen molar-refractivity contribution in [3.05, 3.63) is 11.6 Å². The smallest absolute Gasteiger partial charge is 0.537 e. The molecule has 4 fully saturated rings. The van der Waals surface area contributed by atoms with Crippen LogP contribution in [0.4, 0.5) is 0 Å². The molecule has 30 heavy (non-hydrogen) atoms. The minimum absolute atomic E-state index is 0. The number of carbonyl (C=O) groups excluding carboxylic acids is 1. The fourth-order valence-electron chi connectivity index (χ4n) is 7.72. The van der Waals surface area contributed by atoms with E-state index in [0.29, 0.717) is 37.4 Å². The average Bonchev–Trinajstić information content (AvgIpc) is 3.24. The van der Waals surface area contributed by atoms with E-state index >= 15 is 0 Å². The summed E-state index contributed by atoms with van der Waals surface area (Å²) < 4.78 is 12.0. The van der Waals surface area contributed by atoms with Crippen molar-refractivity contribution in [2.75, 3.05) is 13.2 Å². The number of allylic oxidation sites excluding steroid dienone is 1. The van der Waals surface area contributed by atoms with Crippen LogP contribution in [0.1, 0.15) is 65.2 Å². The van der Waals surface area contributed by atoms with Gasteiger partial charge in [-0.25, -0.2) is 0 Å². The maximum absolute atomic E-state index is 11.3. The number of rotatable bonds is 0. The molecule has 6 atom stereocenters. The van der Waals surface area contributed by atoms with Crippen LogP contribution in [0.3, 0.4) is 0 Å². The van der Waals surface area contributed by atoms with Crippen molar-refractivity contribution in [1.29, 1.82) is 0 Å². The molecular formula is C24H31NaO5. The van der Waals surface area contributed by atoms with Crippen LogP contribution in [0, 0.1) is 40.4 Å². The molecule has 0 unspecified atom stereocenters. The second kappa shape index (κ2) is 7.61. The molecule has 1 saturated heterocycles. The molecule has 1 aliphatic heterocycles. The molecule has 6 heteroatoms. The molecule has 5 nitrogen and oxygen atoms in total. The van der Waals surface area contributed by atoms with Crippen LogP contribution < -0.4 is 34.7 Å². The predicted octanol–water partition coefficient (Wildman–Crippen LogP) is -0.819. The number of carbonyl (C=O) groups is 1. The summed E-state index contributed by atoms with van der Waals surface area (Å²) in [7, 11) is 0. The second-order valence-electron chi connectivity index (χ2n) is 10.4. The Bertz CT molecular complexity index is 821. The topological polar surface area (TPSA) is 78.8 Å². The van der Waals surface area contributed by atoms with E-state index in [1.165, 1.54) is 5.57 Å². The fraction of sp³-hybridized carbons (Fsp3) is 0.792. The summed E-state index contributed by atoms with van der Waals surface area (Å²) in [5.41, 5.74) is 0.0876. The first-order valence-electron chi connectivity index (χ1n) is 11.2. The zero-order chi connectivity index (χ0) is 20.5. The van der Waals surface area contributed by atoms with E-state index in [2.05, 4.69) is 31.8 Å². The predicted molar refractivity (Wildman–Crippen MR) is 104 cm³/mol. The second-order valence-corrected chi connectivity index (χ2v) is 10.4. The first-order chi connectivity index (χ1) is 13.7. The van der Waals surface area contributed by atoms with Gasteiger partial charge in [-0.15, -0.1) is 0 Å². The SMILES string of the molecule is C[C@]12CCC3(CC1=CC[C@@H]1[C@@H]2CC[C@@]2(C)[C@H]1CC[C@@]2(O)C#CC(=O)[O-])OCCO3.[Na+]. The average molecular weight is 422 g/mol. The Labute approximate surface area is 201 Å². The number of hydrogen-bond donors (Lipinski definition) is 1. The Morgan fingerprint density at radius 3 is 2.53 bits per heavy atom. The number of ether oxygens (including phenoxy) is 2. The van der Waals surface area contributed by atoms with Gasteiger partial charge >= 0.3 is 29.6 Å². The summed E-state index contributed by atoms with van der Waals surface area (Å²) in [6.45, 7) is 5.95. The molecule has 0 aromatic heterocycles. The number of fused-ring (bicyclic) bond motifs is 5. The Morgan fingerprint density at radius 2 is 1.83 bits per heavy atom. The van der Waals surface area contributed by atoms with E-state index in [9.17, 15) is 15.0 Å².